The van der Waals surface area contributed by atoms with Crippen molar-refractivity contribution in [1.29, 1.82) is 0 Å². The van der Waals surface area contributed by atoms with Gasteiger partial charge < -0.3 is 19.5 Å². The van der Waals surface area contributed by atoms with Crippen LogP contribution in [0.15, 0.2) is 73.1 Å². The molecule has 5 rings (SSSR count). The summed E-state index contributed by atoms with van der Waals surface area (Å²) in [6.45, 7) is 2.06. The molecule has 1 aromatic heterocycles. The summed E-state index contributed by atoms with van der Waals surface area (Å²) in [5.41, 5.74) is 1.41. The van der Waals surface area contributed by atoms with Gasteiger partial charge in [-0.1, -0.05) is 60.7 Å². The van der Waals surface area contributed by atoms with E-state index in [-0.39, 0.29) is 11.8 Å². The summed E-state index contributed by atoms with van der Waals surface area (Å²) in [6, 6.07) is 19.6. The number of nitrogens with zero attached hydrogens (tertiary/aromatic N) is 3. The van der Waals surface area contributed by atoms with Gasteiger partial charge in [-0.15, -0.1) is 0 Å². The summed E-state index contributed by atoms with van der Waals surface area (Å²) >= 11 is 0. The second-order valence-corrected chi connectivity index (χ2v) is 8.75. The van der Waals surface area contributed by atoms with Gasteiger partial charge in [0.05, 0.1) is 13.0 Å². The minimum atomic E-state index is -0.653. The molecule has 0 saturated carbocycles. The molecule has 3 aromatic rings. The van der Waals surface area contributed by atoms with E-state index >= 15 is 0 Å². The van der Waals surface area contributed by atoms with Crippen LogP contribution in [0.2, 0.25) is 0 Å². The Bertz CT molecular complexity index is 1100. The van der Waals surface area contributed by atoms with Crippen LogP contribution < -0.4 is 5.32 Å². The number of aromatic nitrogens is 2. The van der Waals surface area contributed by atoms with Crippen LogP contribution in [-0.4, -0.2) is 45.5 Å². The molecule has 7 nitrogen and oxygen atoms in total. The van der Waals surface area contributed by atoms with Gasteiger partial charge in [0, 0.05) is 44.9 Å². The van der Waals surface area contributed by atoms with E-state index in [9.17, 15) is 9.59 Å². The number of hydrogen-bond donors (Lipinski definition) is 1. The number of carbonyl (C=O) groups excluding carboxylic acids is 2. The SMILES string of the molecule is O=C(NCc1ccccc1)C1Cn2ccnc2C2(CCN(C(=O)Cc3ccccc3)CC2)O1. The van der Waals surface area contributed by atoms with Crippen LogP contribution in [0.25, 0.3) is 0 Å². The van der Waals surface area contributed by atoms with E-state index in [0.717, 1.165) is 17.0 Å². The largest absolute Gasteiger partial charge is 0.352 e. The number of nitrogens with one attached hydrogen (secondary N) is 1. The van der Waals surface area contributed by atoms with Crippen molar-refractivity contribution in [3.8, 4) is 0 Å². The van der Waals surface area contributed by atoms with Gasteiger partial charge in [-0.25, -0.2) is 4.98 Å². The zero-order valence-corrected chi connectivity index (χ0v) is 18.5. The highest BCUT2D eigenvalue weighted by atomic mass is 16.5. The number of amides is 2. The number of carbonyl (C=O) groups is 2. The fourth-order valence-electron chi connectivity index (χ4n) is 4.77. The normalized spacial score (nSPS) is 19.2. The second kappa shape index (κ2) is 9.19. The third kappa shape index (κ3) is 4.54. The highest BCUT2D eigenvalue weighted by molar-refractivity contribution is 5.81. The molecule has 3 heterocycles. The Labute approximate surface area is 193 Å². The Balaban J connectivity index is 1.25. The number of likely N-dealkylation sites (tertiary alicyclic amines) is 1. The molecule has 0 bridgehead atoms. The quantitative estimate of drug-likeness (QED) is 0.657. The van der Waals surface area contributed by atoms with Gasteiger partial charge in [0.15, 0.2) is 6.10 Å². The van der Waals surface area contributed by atoms with Crippen molar-refractivity contribution >= 4 is 11.8 Å². The van der Waals surface area contributed by atoms with Crippen molar-refractivity contribution in [2.45, 2.75) is 44.1 Å². The van der Waals surface area contributed by atoms with E-state index in [1.165, 1.54) is 0 Å². The molecule has 2 amide bonds. The molecule has 7 heteroatoms. The van der Waals surface area contributed by atoms with Crippen molar-refractivity contribution in [1.82, 2.24) is 19.8 Å². The minimum Gasteiger partial charge on any atom is -0.352 e. The number of rotatable bonds is 5. The molecule has 1 spiro atoms. The molecule has 2 aromatic carbocycles. The topological polar surface area (TPSA) is 76.5 Å². The fourth-order valence-corrected chi connectivity index (χ4v) is 4.77. The second-order valence-electron chi connectivity index (χ2n) is 8.75. The average Bonchev–Trinajstić information content (AvgIpc) is 3.34. The van der Waals surface area contributed by atoms with Crippen molar-refractivity contribution in [2.24, 2.45) is 0 Å². The summed E-state index contributed by atoms with van der Waals surface area (Å²) in [4.78, 5) is 32.3. The predicted octanol–water partition coefficient (Wildman–Crippen LogP) is 2.66. The van der Waals surface area contributed by atoms with E-state index in [1.54, 1.807) is 6.20 Å². The molecule has 1 saturated heterocycles. The Morgan fingerprint density at radius 1 is 1.00 bits per heavy atom. The van der Waals surface area contributed by atoms with Crippen molar-refractivity contribution in [3.63, 3.8) is 0 Å². The number of imidazole rings is 1. The van der Waals surface area contributed by atoms with E-state index in [2.05, 4.69) is 10.3 Å². The van der Waals surface area contributed by atoms with E-state index < -0.39 is 11.7 Å². The van der Waals surface area contributed by atoms with Gasteiger partial charge in [-0.2, -0.15) is 0 Å². The van der Waals surface area contributed by atoms with Crippen molar-refractivity contribution < 1.29 is 14.3 Å². The lowest BCUT2D eigenvalue weighted by Gasteiger charge is -2.45. The molecule has 0 aliphatic carbocycles. The van der Waals surface area contributed by atoms with Crippen molar-refractivity contribution in [2.75, 3.05) is 13.1 Å². The van der Waals surface area contributed by atoms with E-state index in [1.807, 2.05) is 76.3 Å². The Hall–Kier alpha value is -3.45. The van der Waals surface area contributed by atoms with Crippen LogP contribution in [0.3, 0.4) is 0 Å². The number of benzene rings is 2. The highest BCUT2D eigenvalue weighted by Crippen LogP contribution is 2.40. The maximum Gasteiger partial charge on any atom is 0.251 e. The molecule has 1 unspecified atom stereocenters. The van der Waals surface area contributed by atoms with Gasteiger partial charge >= 0.3 is 0 Å². The number of piperidine rings is 1. The van der Waals surface area contributed by atoms with E-state index in [0.29, 0.717) is 45.4 Å². The lowest BCUT2D eigenvalue weighted by molar-refractivity contribution is -0.175. The van der Waals surface area contributed by atoms with Crippen LogP contribution in [-0.2, 0) is 39.4 Å². The molecular weight excluding hydrogens is 416 g/mol. The first kappa shape index (κ1) is 21.4. The molecule has 1 atom stereocenters. The van der Waals surface area contributed by atoms with Gasteiger partial charge in [0.25, 0.3) is 5.91 Å². The van der Waals surface area contributed by atoms with Crippen LogP contribution in [0.1, 0.15) is 29.8 Å². The molecule has 1 N–H and O–H groups in total. The standard InChI is InChI=1S/C26H28N4O3/c31-23(17-20-7-3-1-4-8-20)29-14-11-26(12-15-29)25-27-13-16-30(25)19-22(33-26)24(32)28-18-21-9-5-2-6-10-21/h1-10,13,16,22H,11-12,14-15,17-19H2,(H,28,32). The van der Waals surface area contributed by atoms with Crippen LogP contribution in [0.5, 0.6) is 0 Å². The van der Waals surface area contributed by atoms with Crippen LogP contribution >= 0.6 is 0 Å². The summed E-state index contributed by atoms with van der Waals surface area (Å²) in [7, 11) is 0. The first-order valence-corrected chi connectivity index (χ1v) is 11.5. The lowest BCUT2D eigenvalue weighted by atomic mass is 9.88. The highest BCUT2D eigenvalue weighted by Gasteiger charge is 2.47. The minimum absolute atomic E-state index is 0.118. The molecular formula is C26H28N4O3. The summed E-state index contributed by atoms with van der Waals surface area (Å²) in [5, 5.41) is 3.01. The van der Waals surface area contributed by atoms with E-state index in [4.69, 9.17) is 4.74 Å². The first-order chi connectivity index (χ1) is 16.1. The molecule has 2 aliphatic rings. The molecule has 2 aliphatic heterocycles. The Morgan fingerprint density at radius 3 is 2.36 bits per heavy atom. The monoisotopic (exact) mass is 444 g/mol. The summed E-state index contributed by atoms with van der Waals surface area (Å²) in [5.74, 6) is 0.845. The maximum absolute atomic E-state index is 13.0. The zero-order chi connectivity index (χ0) is 22.7. The predicted molar refractivity (Wildman–Crippen MR) is 123 cm³/mol. The van der Waals surface area contributed by atoms with Gasteiger partial charge in [-0.3, -0.25) is 9.59 Å². The molecule has 0 radical (unpaired) electrons. The first-order valence-electron chi connectivity index (χ1n) is 11.5. The lowest BCUT2D eigenvalue weighted by Crippen LogP contribution is -2.54. The zero-order valence-electron chi connectivity index (χ0n) is 18.5. The fraction of sp³-hybridized carbons (Fsp3) is 0.346. The number of fused-ring (bicyclic) bond motifs is 2. The van der Waals surface area contributed by atoms with Gasteiger partial charge in [0.1, 0.15) is 11.4 Å². The molecule has 170 valence electrons. The third-order valence-electron chi connectivity index (χ3n) is 6.58. The van der Waals surface area contributed by atoms with Crippen LogP contribution in [0, 0.1) is 0 Å². The molecule has 33 heavy (non-hydrogen) atoms. The van der Waals surface area contributed by atoms with Crippen LogP contribution in [0.4, 0.5) is 0 Å². The molecule has 1 fully saturated rings. The summed E-state index contributed by atoms with van der Waals surface area (Å²) < 4.78 is 8.49. The van der Waals surface area contributed by atoms with Gasteiger partial charge in [-0.05, 0) is 11.1 Å². The summed E-state index contributed by atoms with van der Waals surface area (Å²) in [6.07, 6.45) is 4.71. The maximum atomic E-state index is 13.0. The Kier molecular flexibility index (Phi) is 5.96. The average molecular weight is 445 g/mol. The number of ether oxygens (including phenoxy) is 1. The smallest absolute Gasteiger partial charge is 0.251 e. The third-order valence-corrected chi connectivity index (χ3v) is 6.58. The van der Waals surface area contributed by atoms with Gasteiger partial charge in [0.2, 0.25) is 5.91 Å². The Morgan fingerprint density at radius 2 is 1.67 bits per heavy atom. The van der Waals surface area contributed by atoms with Crippen molar-refractivity contribution in [3.05, 3.63) is 90.0 Å². The number of hydrogen-bond acceptors (Lipinski definition) is 4.